The van der Waals surface area contributed by atoms with E-state index in [1.807, 2.05) is 16.9 Å². The van der Waals surface area contributed by atoms with Crippen molar-refractivity contribution in [1.29, 1.82) is 0 Å². The maximum Gasteiger partial charge on any atom is 0.434 e. The molecule has 1 amide bonds. The van der Waals surface area contributed by atoms with Gasteiger partial charge in [0.15, 0.2) is 5.69 Å². The Kier molecular flexibility index (Phi) is 4.79. The van der Waals surface area contributed by atoms with E-state index in [0.717, 1.165) is 42.8 Å². The molecule has 5 rings (SSSR count). The topological polar surface area (TPSA) is 90.2 Å². The van der Waals surface area contributed by atoms with Crippen LogP contribution in [-0.2, 0) is 6.18 Å². The largest absolute Gasteiger partial charge is 0.434 e. The number of carbonyl (C=O) groups is 1. The van der Waals surface area contributed by atoms with E-state index in [0.29, 0.717) is 11.4 Å². The monoisotopic (exact) mass is 442 g/mol. The summed E-state index contributed by atoms with van der Waals surface area (Å²) in [4.78, 5) is 15.4. The van der Waals surface area contributed by atoms with Crippen LogP contribution in [0.15, 0.2) is 48.8 Å². The van der Waals surface area contributed by atoms with Crippen LogP contribution in [0, 0.1) is 0 Å². The minimum atomic E-state index is -4.48. The van der Waals surface area contributed by atoms with Crippen molar-refractivity contribution in [3.05, 3.63) is 60.0 Å². The molecule has 7 nitrogen and oxygen atoms in total. The number of hydrogen-bond acceptors (Lipinski definition) is 4. The molecule has 32 heavy (non-hydrogen) atoms. The average Bonchev–Trinajstić information content (AvgIpc) is 3.39. The number of benzene rings is 1. The number of fused-ring (bicyclic) bond motifs is 2. The lowest BCUT2D eigenvalue weighted by molar-refractivity contribution is -0.140. The molecule has 0 saturated heterocycles. The van der Waals surface area contributed by atoms with Gasteiger partial charge in [0.05, 0.1) is 17.1 Å². The molecule has 0 spiro atoms. The third kappa shape index (κ3) is 3.65. The highest BCUT2D eigenvalue weighted by Gasteiger charge is 2.34. The standard InChI is InChI=1S/C22H21F3N6O/c23-22(24,25)18-12-30-19(5-2-6-20(30)28-18)27-13-7-9-14(10-8-13)31-11-16-15(21(26)32)3-1-4-17(16)29-31/h1-6,11-14,27H,7-10H2,(H2,26,32). The molecule has 3 heterocycles. The molecule has 1 aliphatic carbocycles. The highest BCUT2D eigenvalue weighted by Crippen LogP contribution is 2.33. The first-order valence-electron chi connectivity index (χ1n) is 10.4. The van der Waals surface area contributed by atoms with Crippen molar-refractivity contribution in [2.24, 2.45) is 5.73 Å². The van der Waals surface area contributed by atoms with Crippen molar-refractivity contribution in [2.45, 2.75) is 43.9 Å². The number of imidazole rings is 1. The van der Waals surface area contributed by atoms with Crippen LogP contribution in [-0.4, -0.2) is 31.1 Å². The number of amides is 1. The van der Waals surface area contributed by atoms with E-state index < -0.39 is 17.8 Å². The summed E-state index contributed by atoms with van der Waals surface area (Å²) in [6, 6.07) is 10.6. The van der Waals surface area contributed by atoms with Crippen LogP contribution in [0.4, 0.5) is 19.0 Å². The van der Waals surface area contributed by atoms with E-state index in [9.17, 15) is 18.0 Å². The average molecular weight is 442 g/mol. The zero-order valence-corrected chi connectivity index (χ0v) is 17.0. The summed E-state index contributed by atoms with van der Waals surface area (Å²) in [6.45, 7) is 0. The molecule has 4 aromatic rings. The number of halogens is 3. The summed E-state index contributed by atoms with van der Waals surface area (Å²) < 4.78 is 42.5. The Morgan fingerprint density at radius 3 is 2.53 bits per heavy atom. The molecule has 1 aliphatic rings. The highest BCUT2D eigenvalue weighted by molar-refractivity contribution is 6.05. The van der Waals surface area contributed by atoms with E-state index in [1.54, 1.807) is 30.3 Å². The second-order valence-electron chi connectivity index (χ2n) is 8.12. The Balaban J connectivity index is 1.31. The molecular formula is C22H21F3N6O. The molecule has 10 heteroatoms. The number of aromatic nitrogens is 4. The van der Waals surface area contributed by atoms with Gasteiger partial charge in [-0.15, -0.1) is 0 Å². The fourth-order valence-corrected chi connectivity index (χ4v) is 4.42. The van der Waals surface area contributed by atoms with Gasteiger partial charge in [-0.3, -0.25) is 13.9 Å². The van der Waals surface area contributed by atoms with Crippen LogP contribution < -0.4 is 11.1 Å². The van der Waals surface area contributed by atoms with Crippen molar-refractivity contribution in [1.82, 2.24) is 19.2 Å². The third-order valence-electron chi connectivity index (χ3n) is 6.04. The number of nitrogens with two attached hydrogens (primary N) is 1. The van der Waals surface area contributed by atoms with Crippen LogP contribution in [0.1, 0.15) is 47.8 Å². The molecule has 0 radical (unpaired) electrons. The molecule has 0 atom stereocenters. The number of pyridine rings is 1. The van der Waals surface area contributed by atoms with Gasteiger partial charge in [0, 0.05) is 23.8 Å². The molecule has 1 fully saturated rings. The smallest absolute Gasteiger partial charge is 0.368 e. The molecule has 0 unspecified atom stereocenters. The third-order valence-corrected chi connectivity index (χ3v) is 6.04. The first kappa shape index (κ1) is 20.3. The zero-order valence-electron chi connectivity index (χ0n) is 17.0. The lowest BCUT2D eigenvalue weighted by Crippen LogP contribution is -2.28. The summed E-state index contributed by atoms with van der Waals surface area (Å²) in [6.07, 6.45) is 1.79. The molecule has 3 aromatic heterocycles. The summed E-state index contributed by atoms with van der Waals surface area (Å²) in [5.74, 6) is 0.107. The number of nitrogens with one attached hydrogen (secondary N) is 1. The molecule has 1 aromatic carbocycles. The van der Waals surface area contributed by atoms with Gasteiger partial charge in [0.25, 0.3) is 0 Å². The number of anilines is 1. The van der Waals surface area contributed by atoms with E-state index in [4.69, 9.17) is 5.73 Å². The van der Waals surface area contributed by atoms with Crippen LogP contribution >= 0.6 is 0 Å². The number of alkyl halides is 3. The quantitative estimate of drug-likeness (QED) is 0.490. The van der Waals surface area contributed by atoms with E-state index in [-0.39, 0.29) is 17.7 Å². The van der Waals surface area contributed by atoms with Crippen molar-refractivity contribution in [2.75, 3.05) is 5.32 Å². The van der Waals surface area contributed by atoms with Gasteiger partial charge in [-0.2, -0.15) is 18.3 Å². The number of primary amides is 1. The molecule has 0 bridgehead atoms. The molecule has 1 saturated carbocycles. The van der Waals surface area contributed by atoms with Crippen molar-refractivity contribution in [3.8, 4) is 0 Å². The maximum absolute atomic E-state index is 13.0. The van der Waals surface area contributed by atoms with Gasteiger partial charge in [-0.05, 0) is 49.9 Å². The predicted molar refractivity (Wildman–Crippen MR) is 113 cm³/mol. The van der Waals surface area contributed by atoms with Crippen molar-refractivity contribution < 1.29 is 18.0 Å². The minimum Gasteiger partial charge on any atom is -0.368 e. The van der Waals surface area contributed by atoms with Gasteiger partial charge in [-0.1, -0.05) is 12.1 Å². The van der Waals surface area contributed by atoms with Crippen molar-refractivity contribution in [3.63, 3.8) is 0 Å². The molecule has 166 valence electrons. The molecular weight excluding hydrogens is 421 g/mol. The van der Waals surface area contributed by atoms with Crippen LogP contribution in [0.2, 0.25) is 0 Å². The second-order valence-corrected chi connectivity index (χ2v) is 8.12. The molecule has 0 aliphatic heterocycles. The maximum atomic E-state index is 13.0. The summed E-state index contributed by atoms with van der Waals surface area (Å²) in [5, 5.41) is 8.74. The summed E-state index contributed by atoms with van der Waals surface area (Å²) >= 11 is 0. The normalized spacial score (nSPS) is 19.5. The van der Waals surface area contributed by atoms with Gasteiger partial charge < -0.3 is 11.1 Å². The summed E-state index contributed by atoms with van der Waals surface area (Å²) in [7, 11) is 0. The Morgan fingerprint density at radius 2 is 1.81 bits per heavy atom. The first-order chi connectivity index (χ1) is 15.3. The van der Waals surface area contributed by atoms with Crippen LogP contribution in [0.5, 0.6) is 0 Å². The van der Waals surface area contributed by atoms with E-state index in [2.05, 4.69) is 15.4 Å². The lowest BCUT2D eigenvalue weighted by atomic mass is 9.91. The van der Waals surface area contributed by atoms with Crippen LogP contribution in [0.25, 0.3) is 16.6 Å². The Hall–Kier alpha value is -3.56. The fraction of sp³-hybridized carbons (Fsp3) is 0.318. The highest BCUT2D eigenvalue weighted by atomic mass is 19.4. The van der Waals surface area contributed by atoms with Gasteiger partial charge in [0.2, 0.25) is 5.91 Å². The Morgan fingerprint density at radius 1 is 1.06 bits per heavy atom. The zero-order chi connectivity index (χ0) is 22.5. The van der Waals surface area contributed by atoms with Crippen molar-refractivity contribution >= 4 is 28.3 Å². The predicted octanol–water partition coefficient (Wildman–Crippen LogP) is 4.40. The second kappa shape index (κ2) is 7.54. The van der Waals surface area contributed by atoms with Gasteiger partial charge in [0.1, 0.15) is 11.5 Å². The number of nitrogens with zero attached hydrogens (tertiary/aromatic N) is 4. The minimum absolute atomic E-state index is 0.125. The Bertz CT molecular complexity index is 1300. The number of hydrogen-bond donors (Lipinski definition) is 2. The number of carbonyl (C=O) groups excluding carboxylic acids is 1. The summed E-state index contributed by atoms with van der Waals surface area (Å²) in [5.41, 5.74) is 6.00. The van der Waals surface area contributed by atoms with E-state index in [1.165, 1.54) is 4.40 Å². The van der Waals surface area contributed by atoms with Gasteiger partial charge in [-0.25, -0.2) is 4.98 Å². The lowest BCUT2D eigenvalue weighted by Gasteiger charge is -2.30. The van der Waals surface area contributed by atoms with Crippen LogP contribution in [0.3, 0.4) is 0 Å². The fourth-order valence-electron chi connectivity index (χ4n) is 4.42. The SMILES string of the molecule is NC(=O)c1cccc2nn(C3CCC(Nc4cccc5nc(C(F)(F)F)cn45)CC3)cc12. The number of rotatable bonds is 4. The first-order valence-corrected chi connectivity index (χ1v) is 10.4. The Labute approximate surface area is 181 Å². The van der Waals surface area contributed by atoms with Gasteiger partial charge >= 0.3 is 6.18 Å². The van der Waals surface area contributed by atoms with E-state index >= 15 is 0 Å². The molecule has 3 N–H and O–H groups in total.